The van der Waals surface area contributed by atoms with Gasteiger partial charge in [-0.1, -0.05) is 31.6 Å². The summed E-state index contributed by atoms with van der Waals surface area (Å²) in [6.45, 7) is 28.3. The molecule has 3 aliphatic rings. The van der Waals surface area contributed by atoms with Crippen LogP contribution in [0.1, 0.15) is 142 Å². The molecule has 2 aliphatic carbocycles. The van der Waals surface area contributed by atoms with Gasteiger partial charge in [-0.3, -0.25) is 0 Å². The van der Waals surface area contributed by atoms with E-state index in [0.717, 1.165) is 111 Å². The lowest BCUT2D eigenvalue weighted by Crippen LogP contribution is -2.41. The van der Waals surface area contributed by atoms with Crippen LogP contribution in [0.3, 0.4) is 0 Å². The maximum absolute atomic E-state index is 5.99. The van der Waals surface area contributed by atoms with Crippen LogP contribution in [-0.2, 0) is 9.31 Å². The number of halogens is 1. The highest BCUT2D eigenvalue weighted by Gasteiger charge is 2.52. The van der Waals surface area contributed by atoms with Crippen LogP contribution in [0.4, 0.5) is 0 Å². The second-order valence-corrected chi connectivity index (χ2v) is 21.5. The minimum Gasteiger partial charge on any atom is -0.399 e. The van der Waals surface area contributed by atoms with E-state index >= 15 is 0 Å². The van der Waals surface area contributed by atoms with E-state index in [0.29, 0.717) is 11.8 Å². The summed E-state index contributed by atoms with van der Waals surface area (Å²) in [5.74, 6) is 5.17. The zero-order chi connectivity index (χ0) is 46.0. The van der Waals surface area contributed by atoms with Crippen molar-refractivity contribution in [2.75, 3.05) is 0 Å². The molecular weight excluding hydrogens is 966 g/mol. The topological polar surface area (TPSA) is 154 Å². The number of rotatable bonds is 6. The fourth-order valence-corrected chi connectivity index (χ4v) is 10.7. The summed E-state index contributed by atoms with van der Waals surface area (Å²) in [6, 6.07) is 8.70. The third-order valence-electron chi connectivity index (χ3n) is 12.3. The van der Waals surface area contributed by atoms with E-state index in [1.54, 1.807) is 22.7 Å². The summed E-state index contributed by atoms with van der Waals surface area (Å²) in [4.78, 5) is 26.9. The predicted molar refractivity (Wildman–Crippen MR) is 275 cm³/mol. The summed E-state index contributed by atoms with van der Waals surface area (Å²) in [7, 11) is -0.267. The van der Waals surface area contributed by atoms with Gasteiger partial charge < -0.3 is 28.3 Å². The average Bonchev–Trinajstić information content (AvgIpc) is 3.96. The number of nitrogens with zero attached hydrogens (tertiary/aromatic N) is 6. The van der Waals surface area contributed by atoms with Crippen LogP contribution >= 0.6 is 45.3 Å². The Hall–Kier alpha value is -4.23. The largest absolute Gasteiger partial charge is 0.507 e. The monoisotopic (exact) mass is 1030 g/mol. The van der Waals surface area contributed by atoms with Crippen molar-refractivity contribution in [3.8, 4) is 32.7 Å². The molecule has 6 aromatic heterocycles. The van der Waals surface area contributed by atoms with Crippen molar-refractivity contribution in [3.05, 3.63) is 83.8 Å². The molecule has 3 fully saturated rings. The number of imidazole rings is 2. The SMILES string of the molecule is C.CC.Cc1nc(C)c(-c2cc(-c3c(C)noc3C)cc3[nH]c(C4CC4)nc23)s1.Cc1nc(C)c(B2OC(C)(C)C(C)(C)O2)s1.Cc1noc(C)c1-c1cc(I)c2nc(C3CC3)[nH]c2c1. The van der Waals surface area contributed by atoms with Crippen molar-refractivity contribution >= 4 is 79.2 Å². The Morgan fingerprint density at radius 3 is 1.51 bits per heavy atom. The molecule has 0 spiro atoms. The highest BCUT2D eigenvalue weighted by molar-refractivity contribution is 14.1. The minimum atomic E-state index is -0.276. The molecule has 0 bridgehead atoms. The first kappa shape index (κ1) is 48.7. The van der Waals surface area contributed by atoms with Crippen LogP contribution in [-0.4, -0.2) is 58.5 Å². The van der Waals surface area contributed by atoms with E-state index in [-0.39, 0.29) is 25.7 Å². The molecular formula is C49H62BIN8O4S2. The average molecular weight is 1030 g/mol. The molecule has 2 N–H and O–H groups in total. The van der Waals surface area contributed by atoms with Gasteiger partial charge in [0.05, 0.1) is 64.5 Å². The van der Waals surface area contributed by atoms with Crippen LogP contribution in [0, 0.1) is 59.0 Å². The Morgan fingerprint density at radius 2 is 1.08 bits per heavy atom. The fraction of sp³-hybridized carbons (Fsp3) is 0.469. The lowest BCUT2D eigenvalue weighted by Gasteiger charge is -2.32. The van der Waals surface area contributed by atoms with E-state index in [1.165, 1.54) is 34.1 Å². The first-order valence-corrected chi connectivity index (χ1v) is 24.9. The second kappa shape index (κ2) is 18.8. The zero-order valence-electron chi connectivity index (χ0n) is 39.4. The van der Waals surface area contributed by atoms with Gasteiger partial charge in [0.2, 0.25) is 0 Å². The van der Waals surface area contributed by atoms with Gasteiger partial charge in [0.15, 0.2) is 0 Å². The van der Waals surface area contributed by atoms with E-state index < -0.39 is 0 Å². The molecule has 1 aliphatic heterocycles. The van der Waals surface area contributed by atoms with Gasteiger partial charge in [0.25, 0.3) is 0 Å². The Labute approximate surface area is 404 Å². The molecule has 2 aromatic carbocycles. The minimum absolute atomic E-state index is 0. The molecule has 0 unspecified atom stereocenters. The number of benzene rings is 2. The van der Waals surface area contributed by atoms with E-state index in [4.69, 9.17) is 28.3 Å². The van der Waals surface area contributed by atoms with Crippen molar-refractivity contribution in [3.63, 3.8) is 0 Å². The number of aromatic amines is 2. The lowest BCUT2D eigenvalue weighted by atomic mass is 9.86. The molecule has 0 amide bonds. The van der Waals surface area contributed by atoms with Gasteiger partial charge in [0, 0.05) is 37.8 Å². The number of hydrogen-bond acceptors (Lipinski definition) is 12. The van der Waals surface area contributed by atoms with E-state index in [9.17, 15) is 0 Å². The maximum Gasteiger partial charge on any atom is 0.507 e. The summed E-state index contributed by atoms with van der Waals surface area (Å²) in [5.41, 5.74) is 13.2. The number of thiazole rings is 2. The highest BCUT2D eigenvalue weighted by atomic mass is 127. The number of aromatic nitrogens is 8. The van der Waals surface area contributed by atoms with Gasteiger partial charge in [0.1, 0.15) is 28.7 Å². The first-order chi connectivity index (χ1) is 30.4. The standard InChI is InChI=1S/C20H20N4OS.C15H14IN3O.C11H18BNO2S.C2H6.CH4/c1-9-17(11(3)25-24-9)14-7-15(19-10(2)21-12(4)26-19)18-16(8-14)22-20(23-18)13-5-6-13;1-7-13(8(2)20-19-7)10-5-11(16)14-12(6-10)17-15(18-14)9-3-4-9;1-7-9(16-8(2)13-7)12-14-10(3,4)11(5,6)15-12;1-2;/h7-8,13H,5-6H2,1-4H3,(H,22,23);5-6,9H,3-4H2,1-2H3,(H,17,18);1-6H3;1-2H3;1H4. The van der Waals surface area contributed by atoms with E-state index in [2.05, 4.69) is 119 Å². The van der Waals surface area contributed by atoms with Crippen LogP contribution in [0.2, 0.25) is 0 Å². The van der Waals surface area contributed by atoms with Crippen LogP contribution < -0.4 is 4.78 Å². The Kier molecular flexibility index (Phi) is 14.1. The summed E-state index contributed by atoms with van der Waals surface area (Å²) in [6.07, 6.45) is 4.97. The molecule has 16 heteroatoms. The van der Waals surface area contributed by atoms with Crippen molar-refractivity contribution < 1.29 is 18.4 Å². The van der Waals surface area contributed by atoms with Crippen molar-refractivity contribution in [1.82, 2.24) is 40.2 Å². The van der Waals surface area contributed by atoms with Gasteiger partial charge in [-0.15, -0.1) is 22.7 Å². The summed E-state index contributed by atoms with van der Waals surface area (Å²) < 4.78 is 24.9. The second-order valence-electron chi connectivity index (χ2n) is 17.9. The number of fused-ring (bicyclic) bond motifs is 2. The zero-order valence-corrected chi connectivity index (χ0v) is 43.2. The molecule has 2 saturated carbocycles. The molecule has 0 radical (unpaired) electrons. The summed E-state index contributed by atoms with van der Waals surface area (Å²) >= 11 is 5.73. The predicted octanol–water partition coefficient (Wildman–Crippen LogP) is 13.5. The molecule has 344 valence electrons. The molecule has 12 nitrogen and oxygen atoms in total. The van der Waals surface area contributed by atoms with Crippen molar-refractivity contribution in [2.45, 2.75) is 153 Å². The Balaban J connectivity index is 0.000000146. The summed E-state index contributed by atoms with van der Waals surface area (Å²) in [5, 5.41) is 10.3. The first-order valence-electron chi connectivity index (χ1n) is 22.2. The fourth-order valence-electron chi connectivity index (χ4n) is 8.08. The molecule has 65 heavy (non-hydrogen) atoms. The molecule has 0 atom stereocenters. The molecule has 7 heterocycles. The van der Waals surface area contributed by atoms with Crippen LogP contribution in [0.25, 0.3) is 54.8 Å². The van der Waals surface area contributed by atoms with Crippen molar-refractivity contribution in [2.24, 2.45) is 0 Å². The highest BCUT2D eigenvalue weighted by Crippen LogP contribution is 2.44. The Bertz CT molecular complexity index is 2930. The number of hydrogen-bond donors (Lipinski definition) is 2. The third-order valence-corrected chi connectivity index (χ3v) is 15.3. The molecule has 1 saturated heterocycles. The van der Waals surface area contributed by atoms with Crippen molar-refractivity contribution in [1.29, 1.82) is 0 Å². The van der Waals surface area contributed by atoms with E-state index in [1.807, 2.05) is 55.4 Å². The quantitative estimate of drug-likeness (QED) is 0.122. The number of nitrogens with one attached hydrogen (secondary N) is 2. The molecule has 11 rings (SSSR count). The van der Waals surface area contributed by atoms with Gasteiger partial charge in [-0.25, -0.2) is 19.9 Å². The van der Waals surface area contributed by atoms with Crippen LogP contribution in [0.15, 0.2) is 33.3 Å². The number of H-pyrrole nitrogens is 2. The van der Waals surface area contributed by atoms with Gasteiger partial charge >= 0.3 is 7.12 Å². The van der Waals surface area contributed by atoms with Gasteiger partial charge in [-0.05, 0) is 167 Å². The lowest BCUT2D eigenvalue weighted by molar-refractivity contribution is 0.00578. The maximum atomic E-state index is 5.99. The number of aryl methyl sites for hydroxylation is 8. The Morgan fingerprint density at radius 1 is 0.615 bits per heavy atom. The smallest absolute Gasteiger partial charge is 0.399 e. The third kappa shape index (κ3) is 9.79. The normalized spacial score (nSPS) is 16.1. The molecule has 8 aromatic rings. The van der Waals surface area contributed by atoms with Gasteiger partial charge in [-0.2, -0.15) is 0 Å². The van der Waals surface area contributed by atoms with Crippen LogP contribution in [0.5, 0.6) is 0 Å².